The zero-order valence-electron chi connectivity index (χ0n) is 9.21. The molecule has 2 N–H and O–H groups in total. The molecule has 0 heterocycles. The van der Waals surface area contributed by atoms with Crippen LogP contribution in [0.5, 0.6) is 11.5 Å². The number of nitrogens with two attached hydrogens (primary N) is 1. The van der Waals surface area contributed by atoms with E-state index in [1.165, 1.54) is 0 Å². The lowest BCUT2D eigenvalue weighted by molar-refractivity contribution is 0.392. The predicted octanol–water partition coefficient (Wildman–Crippen LogP) is 2.88. The summed E-state index contributed by atoms with van der Waals surface area (Å²) >= 11 is 3.41. The largest absolute Gasteiger partial charge is 0.496 e. The zero-order valence-corrected chi connectivity index (χ0v) is 10.8. The van der Waals surface area contributed by atoms with Crippen molar-refractivity contribution in [3.63, 3.8) is 0 Å². The van der Waals surface area contributed by atoms with Crippen molar-refractivity contribution >= 4 is 15.9 Å². The lowest BCUT2D eigenvalue weighted by Crippen LogP contribution is -2.10. The summed E-state index contributed by atoms with van der Waals surface area (Å²) in [7, 11) is 3.27. The Labute approximate surface area is 98.7 Å². The predicted molar refractivity (Wildman–Crippen MR) is 64.5 cm³/mol. The van der Waals surface area contributed by atoms with Gasteiger partial charge in [0, 0.05) is 11.6 Å². The molecule has 0 bridgehead atoms. The minimum Gasteiger partial charge on any atom is -0.496 e. The summed E-state index contributed by atoms with van der Waals surface area (Å²) in [4.78, 5) is 0. The van der Waals surface area contributed by atoms with E-state index < -0.39 is 0 Å². The average Bonchev–Trinajstić information content (AvgIpc) is 2.27. The maximum absolute atomic E-state index is 5.99. The highest BCUT2D eigenvalue weighted by atomic mass is 79.9. The van der Waals surface area contributed by atoms with E-state index in [0.29, 0.717) is 0 Å². The minimum atomic E-state index is -0.0260. The van der Waals surface area contributed by atoms with Gasteiger partial charge in [-0.05, 0) is 34.5 Å². The second-order valence-corrected chi connectivity index (χ2v) is 4.10. The Kier molecular flexibility index (Phi) is 4.42. The third-order valence-corrected chi connectivity index (χ3v) is 2.96. The van der Waals surface area contributed by atoms with Gasteiger partial charge in [-0.1, -0.05) is 6.92 Å². The molecule has 0 radical (unpaired) electrons. The van der Waals surface area contributed by atoms with Crippen molar-refractivity contribution in [1.29, 1.82) is 0 Å². The molecule has 0 aliphatic heterocycles. The fourth-order valence-corrected chi connectivity index (χ4v) is 1.88. The van der Waals surface area contributed by atoms with Gasteiger partial charge < -0.3 is 15.2 Å². The quantitative estimate of drug-likeness (QED) is 0.918. The summed E-state index contributed by atoms with van der Waals surface area (Å²) in [5.74, 6) is 1.56. The first-order valence-corrected chi connectivity index (χ1v) is 5.60. The number of benzene rings is 1. The Bertz CT molecular complexity index is 342. The van der Waals surface area contributed by atoms with Crippen LogP contribution in [-0.2, 0) is 0 Å². The molecule has 1 aromatic carbocycles. The van der Waals surface area contributed by atoms with Crippen LogP contribution in [0, 0.1) is 0 Å². The first-order valence-electron chi connectivity index (χ1n) is 4.81. The standard InChI is InChI=1S/C11H16BrNO2/c1-4-9(13)7-5-11(15-3)8(12)6-10(7)14-2/h5-6,9H,4,13H2,1-3H3/t9-/m1/s1. The topological polar surface area (TPSA) is 44.5 Å². The summed E-state index contributed by atoms with van der Waals surface area (Å²) < 4.78 is 11.4. The van der Waals surface area contributed by atoms with Crippen molar-refractivity contribution in [2.45, 2.75) is 19.4 Å². The lowest BCUT2D eigenvalue weighted by atomic mass is 10.0. The average molecular weight is 274 g/mol. The molecule has 15 heavy (non-hydrogen) atoms. The Morgan fingerprint density at radius 3 is 2.33 bits per heavy atom. The van der Waals surface area contributed by atoms with Gasteiger partial charge in [-0.2, -0.15) is 0 Å². The molecule has 0 spiro atoms. The normalized spacial score (nSPS) is 12.3. The summed E-state index contributed by atoms with van der Waals surface area (Å²) in [6, 6.07) is 3.77. The highest BCUT2D eigenvalue weighted by Gasteiger charge is 2.14. The van der Waals surface area contributed by atoms with Crippen molar-refractivity contribution in [3.05, 3.63) is 22.2 Å². The number of hydrogen-bond acceptors (Lipinski definition) is 3. The van der Waals surface area contributed by atoms with Crippen LogP contribution in [0.15, 0.2) is 16.6 Å². The van der Waals surface area contributed by atoms with E-state index in [1.807, 2.05) is 19.1 Å². The molecule has 0 saturated carbocycles. The van der Waals surface area contributed by atoms with Crippen LogP contribution in [0.1, 0.15) is 24.9 Å². The molecule has 3 nitrogen and oxygen atoms in total. The molecule has 1 rings (SSSR count). The van der Waals surface area contributed by atoms with Gasteiger partial charge in [-0.25, -0.2) is 0 Å². The number of halogens is 1. The van der Waals surface area contributed by atoms with E-state index in [2.05, 4.69) is 15.9 Å². The highest BCUT2D eigenvalue weighted by Crippen LogP contribution is 2.35. The monoisotopic (exact) mass is 273 g/mol. The van der Waals surface area contributed by atoms with E-state index in [4.69, 9.17) is 15.2 Å². The summed E-state index contributed by atoms with van der Waals surface area (Å²) in [6.45, 7) is 2.04. The van der Waals surface area contributed by atoms with Gasteiger partial charge in [0.05, 0.1) is 18.7 Å². The van der Waals surface area contributed by atoms with Gasteiger partial charge in [-0.15, -0.1) is 0 Å². The van der Waals surface area contributed by atoms with Crippen LogP contribution < -0.4 is 15.2 Å². The van der Waals surface area contributed by atoms with Crippen LogP contribution >= 0.6 is 15.9 Å². The van der Waals surface area contributed by atoms with Gasteiger partial charge in [0.15, 0.2) is 0 Å². The first-order chi connectivity index (χ1) is 7.13. The maximum atomic E-state index is 5.99. The van der Waals surface area contributed by atoms with Crippen LogP contribution in [0.2, 0.25) is 0 Å². The van der Waals surface area contributed by atoms with Gasteiger partial charge in [0.2, 0.25) is 0 Å². The summed E-state index contributed by atoms with van der Waals surface area (Å²) in [6.07, 6.45) is 0.862. The molecule has 0 unspecified atom stereocenters. The number of methoxy groups -OCH3 is 2. The molecular weight excluding hydrogens is 258 g/mol. The van der Waals surface area contributed by atoms with Crippen LogP contribution in [0.25, 0.3) is 0 Å². The van der Waals surface area contributed by atoms with Gasteiger partial charge in [0.1, 0.15) is 11.5 Å². The molecule has 84 valence electrons. The van der Waals surface area contributed by atoms with Crippen molar-refractivity contribution in [3.8, 4) is 11.5 Å². The Balaban J connectivity index is 3.22. The second-order valence-electron chi connectivity index (χ2n) is 3.24. The first kappa shape index (κ1) is 12.3. The van der Waals surface area contributed by atoms with Gasteiger partial charge in [-0.3, -0.25) is 0 Å². The van der Waals surface area contributed by atoms with Crippen LogP contribution in [0.4, 0.5) is 0 Å². The van der Waals surface area contributed by atoms with Gasteiger partial charge in [0.25, 0.3) is 0 Å². The third-order valence-electron chi connectivity index (χ3n) is 2.34. The SMILES string of the molecule is CC[C@@H](N)c1cc(OC)c(Br)cc1OC. The summed E-state index contributed by atoms with van der Waals surface area (Å²) in [5.41, 5.74) is 6.97. The second kappa shape index (κ2) is 5.37. The molecule has 0 fully saturated rings. The molecule has 1 aromatic rings. The zero-order chi connectivity index (χ0) is 11.4. The van der Waals surface area contributed by atoms with Crippen molar-refractivity contribution in [2.24, 2.45) is 5.73 Å². The Hall–Kier alpha value is -0.740. The molecule has 0 aromatic heterocycles. The fraction of sp³-hybridized carbons (Fsp3) is 0.455. The van der Waals surface area contributed by atoms with Gasteiger partial charge >= 0.3 is 0 Å². The van der Waals surface area contributed by atoms with E-state index >= 15 is 0 Å². The van der Waals surface area contributed by atoms with E-state index in [-0.39, 0.29) is 6.04 Å². The molecule has 0 aliphatic carbocycles. The molecule has 0 amide bonds. The molecule has 0 saturated heterocycles. The maximum Gasteiger partial charge on any atom is 0.133 e. The molecule has 4 heteroatoms. The minimum absolute atomic E-state index is 0.0260. The molecule has 0 aliphatic rings. The van der Waals surface area contributed by atoms with E-state index in [1.54, 1.807) is 14.2 Å². The van der Waals surface area contributed by atoms with Crippen molar-refractivity contribution in [1.82, 2.24) is 0 Å². The van der Waals surface area contributed by atoms with Crippen LogP contribution in [0.3, 0.4) is 0 Å². The van der Waals surface area contributed by atoms with Crippen molar-refractivity contribution < 1.29 is 9.47 Å². The Morgan fingerprint density at radius 2 is 1.87 bits per heavy atom. The van der Waals surface area contributed by atoms with E-state index in [9.17, 15) is 0 Å². The Morgan fingerprint density at radius 1 is 1.27 bits per heavy atom. The van der Waals surface area contributed by atoms with Crippen molar-refractivity contribution in [2.75, 3.05) is 14.2 Å². The number of rotatable bonds is 4. The lowest BCUT2D eigenvalue weighted by Gasteiger charge is -2.16. The highest BCUT2D eigenvalue weighted by molar-refractivity contribution is 9.10. The van der Waals surface area contributed by atoms with Crippen LogP contribution in [-0.4, -0.2) is 14.2 Å². The number of hydrogen-bond donors (Lipinski definition) is 1. The van der Waals surface area contributed by atoms with E-state index in [0.717, 1.165) is 28.0 Å². The smallest absolute Gasteiger partial charge is 0.133 e. The fourth-order valence-electron chi connectivity index (χ4n) is 1.39. The third kappa shape index (κ3) is 2.63. The number of ether oxygens (including phenoxy) is 2. The summed E-state index contributed by atoms with van der Waals surface area (Å²) in [5, 5.41) is 0. The molecular formula is C11H16BrNO2. The molecule has 1 atom stereocenters.